The van der Waals surface area contributed by atoms with E-state index in [0.717, 1.165) is 11.1 Å². The van der Waals surface area contributed by atoms with Crippen molar-refractivity contribution in [2.75, 3.05) is 0 Å². The van der Waals surface area contributed by atoms with Gasteiger partial charge in [-0.25, -0.2) is 5.10 Å². The number of aromatic nitrogens is 3. The van der Waals surface area contributed by atoms with Gasteiger partial charge >= 0.3 is 0 Å². The van der Waals surface area contributed by atoms with Crippen LogP contribution in [0.3, 0.4) is 0 Å². The lowest BCUT2D eigenvalue weighted by Gasteiger charge is -2.19. The lowest BCUT2D eigenvalue weighted by atomic mass is 9.89. The average molecular weight is 263 g/mol. The van der Waals surface area contributed by atoms with Crippen molar-refractivity contribution in [1.82, 2.24) is 15.2 Å². The van der Waals surface area contributed by atoms with Crippen molar-refractivity contribution < 1.29 is 0 Å². The monoisotopic (exact) mass is 263 g/mol. The predicted molar refractivity (Wildman–Crippen MR) is 75.4 cm³/mol. The number of H-pyrrole nitrogens is 1. The molecule has 2 aromatic heterocycles. The third kappa shape index (κ3) is 1.22. The second kappa shape index (κ2) is 3.74. The molecule has 3 N–H and O–H groups in total. The van der Waals surface area contributed by atoms with E-state index in [9.17, 15) is 4.79 Å². The van der Waals surface area contributed by atoms with Crippen LogP contribution in [0.5, 0.6) is 0 Å². The van der Waals surface area contributed by atoms with Crippen molar-refractivity contribution >= 4 is 16.5 Å². The Bertz CT molecular complexity index is 942. The molecule has 3 aromatic rings. The number of hydrazone groups is 1. The van der Waals surface area contributed by atoms with Gasteiger partial charge in [0.05, 0.1) is 5.39 Å². The molecule has 0 atom stereocenters. The molecule has 0 radical (unpaired) electrons. The minimum absolute atomic E-state index is 0.247. The van der Waals surface area contributed by atoms with Gasteiger partial charge < -0.3 is 5.84 Å². The number of aromatic amines is 1. The molecule has 0 fully saturated rings. The fraction of sp³-hybridized carbons (Fsp3) is 0. The SMILES string of the molecule is N/N=C1/c2ccccc2-c2n[nH]c(=O)c3ccnc1c23. The summed E-state index contributed by atoms with van der Waals surface area (Å²) >= 11 is 0. The molecule has 0 spiro atoms. The van der Waals surface area contributed by atoms with Crippen molar-refractivity contribution in [1.29, 1.82) is 0 Å². The normalized spacial score (nSPS) is 14.5. The number of nitrogens with zero attached hydrogens (tertiary/aromatic N) is 3. The minimum Gasteiger partial charge on any atom is -0.323 e. The molecular formula is C14H9N5O. The van der Waals surface area contributed by atoms with Crippen molar-refractivity contribution in [2.45, 2.75) is 0 Å². The smallest absolute Gasteiger partial charge is 0.272 e. The van der Waals surface area contributed by atoms with Crippen LogP contribution in [0.2, 0.25) is 0 Å². The van der Waals surface area contributed by atoms with E-state index in [1.807, 2.05) is 24.3 Å². The first-order chi connectivity index (χ1) is 9.81. The maximum absolute atomic E-state index is 11.9. The Morgan fingerprint density at radius 2 is 1.90 bits per heavy atom. The number of hydrogen-bond acceptors (Lipinski definition) is 5. The Hall–Kier alpha value is -3.02. The second-order valence-corrected chi connectivity index (χ2v) is 4.51. The van der Waals surface area contributed by atoms with Gasteiger partial charge in [0.15, 0.2) is 0 Å². The van der Waals surface area contributed by atoms with Crippen LogP contribution < -0.4 is 11.4 Å². The van der Waals surface area contributed by atoms with E-state index >= 15 is 0 Å². The van der Waals surface area contributed by atoms with Gasteiger partial charge in [-0.05, 0) is 6.07 Å². The number of fused-ring (bicyclic) bond motifs is 2. The Morgan fingerprint density at radius 1 is 1.10 bits per heavy atom. The molecular weight excluding hydrogens is 254 g/mol. The molecule has 0 saturated carbocycles. The number of nitrogens with two attached hydrogens (primary N) is 1. The van der Waals surface area contributed by atoms with Crippen molar-refractivity contribution in [2.24, 2.45) is 10.9 Å². The largest absolute Gasteiger partial charge is 0.323 e. The highest BCUT2D eigenvalue weighted by Gasteiger charge is 2.26. The summed E-state index contributed by atoms with van der Waals surface area (Å²) < 4.78 is 0. The van der Waals surface area contributed by atoms with E-state index in [1.165, 1.54) is 0 Å². The topological polar surface area (TPSA) is 97.0 Å². The second-order valence-electron chi connectivity index (χ2n) is 4.51. The summed E-state index contributed by atoms with van der Waals surface area (Å²) in [6.07, 6.45) is 1.58. The summed E-state index contributed by atoms with van der Waals surface area (Å²) in [5.41, 5.74) is 3.37. The summed E-state index contributed by atoms with van der Waals surface area (Å²) in [5.74, 6) is 5.53. The Balaban J connectivity index is 2.32. The molecule has 0 unspecified atom stereocenters. The first kappa shape index (κ1) is 10.9. The van der Waals surface area contributed by atoms with Crippen LogP contribution in [0.25, 0.3) is 22.0 Å². The molecule has 0 aliphatic heterocycles. The highest BCUT2D eigenvalue weighted by molar-refractivity contribution is 6.26. The maximum Gasteiger partial charge on any atom is 0.272 e. The molecule has 1 aromatic carbocycles. The van der Waals surface area contributed by atoms with E-state index in [2.05, 4.69) is 20.3 Å². The summed E-state index contributed by atoms with van der Waals surface area (Å²) in [5, 5.41) is 11.8. The third-order valence-electron chi connectivity index (χ3n) is 3.49. The van der Waals surface area contributed by atoms with Gasteiger partial charge in [0.2, 0.25) is 0 Å². The van der Waals surface area contributed by atoms with Crippen LogP contribution in [-0.4, -0.2) is 20.9 Å². The molecule has 1 aliphatic rings. The van der Waals surface area contributed by atoms with Crippen LogP contribution in [0, 0.1) is 0 Å². The van der Waals surface area contributed by atoms with Crippen molar-refractivity contribution in [3.8, 4) is 11.3 Å². The zero-order valence-corrected chi connectivity index (χ0v) is 10.3. The quantitative estimate of drug-likeness (QED) is 0.365. The van der Waals surface area contributed by atoms with E-state index in [4.69, 9.17) is 5.84 Å². The van der Waals surface area contributed by atoms with Crippen LogP contribution in [0.1, 0.15) is 11.3 Å². The van der Waals surface area contributed by atoms with Gasteiger partial charge in [0.25, 0.3) is 5.56 Å². The molecule has 0 amide bonds. The molecule has 6 heteroatoms. The number of benzene rings is 1. The van der Waals surface area contributed by atoms with Gasteiger partial charge in [-0.3, -0.25) is 9.78 Å². The van der Waals surface area contributed by atoms with Gasteiger partial charge in [-0.1, -0.05) is 24.3 Å². The number of pyridine rings is 1. The molecule has 2 heterocycles. The zero-order valence-electron chi connectivity index (χ0n) is 10.3. The lowest BCUT2D eigenvalue weighted by molar-refractivity contribution is 1.01. The standard InChI is InChI=1S/C14H9N5O/c15-17-12-8-4-2-1-3-7(8)11-10-9(14(20)19-18-11)5-6-16-13(10)12/h1-6H,15H2,(H,19,20)/b17-12-. The number of rotatable bonds is 0. The van der Waals surface area contributed by atoms with Gasteiger partial charge in [-0.2, -0.15) is 10.2 Å². The number of nitrogens with one attached hydrogen (secondary N) is 1. The van der Waals surface area contributed by atoms with Gasteiger partial charge in [0, 0.05) is 22.7 Å². The zero-order chi connectivity index (χ0) is 13.7. The van der Waals surface area contributed by atoms with E-state index in [-0.39, 0.29) is 5.56 Å². The Labute approximate surface area is 113 Å². The summed E-state index contributed by atoms with van der Waals surface area (Å²) in [6, 6.07) is 9.33. The molecule has 96 valence electrons. The maximum atomic E-state index is 11.9. The summed E-state index contributed by atoms with van der Waals surface area (Å²) in [7, 11) is 0. The number of hydrogen-bond donors (Lipinski definition) is 2. The van der Waals surface area contributed by atoms with E-state index in [0.29, 0.717) is 27.9 Å². The fourth-order valence-electron chi connectivity index (χ4n) is 2.64. The summed E-state index contributed by atoms with van der Waals surface area (Å²) in [6.45, 7) is 0. The Kier molecular flexibility index (Phi) is 2.03. The molecule has 0 bridgehead atoms. The molecule has 6 nitrogen and oxygen atoms in total. The van der Waals surface area contributed by atoms with Crippen molar-refractivity contribution in [3.63, 3.8) is 0 Å². The highest BCUT2D eigenvalue weighted by Crippen LogP contribution is 2.35. The molecule has 4 rings (SSSR count). The molecule has 20 heavy (non-hydrogen) atoms. The third-order valence-corrected chi connectivity index (χ3v) is 3.49. The predicted octanol–water partition coefficient (Wildman–Crippen LogP) is 1.01. The van der Waals surface area contributed by atoms with Crippen LogP contribution in [0.4, 0.5) is 0 Å². The van der Waals surface area contributed by atoms with Gasteiger partial charge in [0.1, 0.15) is 17.1 Å². The van der Waals surface area contributed by atoms with E-state index < -0.39 is 0 Å². The van der Waals surface area contributed by atoms with Crippen LogP contribution in [-0.2, 0) is 0 Å². The first-order valence-corrected chi connectivity index (χ1v) is 6.06. The minimum atomic E-state index is -0.247. The molecule has 0 saturated heterocycles. The van der Waals surface area contributed by atoms with Crippen molar-refractivity contribution in [3.05, 3.63) is 58.1 Å². The summed E-state index contributed by atoms with van der Waals surface area (Å²) in [4.78, 5) is 16.2. The van der Waals surface area contributed by atoms with Gasteiger partial charge in [-0.15, -0.1) is 0 Å². The van der Waals surface area contributed by atoms with Crippen LogP contribution >= 0.6 is 0 Å². The molecule has 1 aliphatic carbocycles. The fourth-order valence-corrected chi connectivity index (χ4v) is 2.64. The lowest BCUT2D eigenvalue weighted by Crippen LogP contribution is -2.19. The van der Waals surface area contributed by atoms with E-state index in [1.54, 1.807) is 12.3 Å². The van der Waals surface area contributed by atoms with Crippen LogP contribution in [0.15, 0.2) is 46.4 Å². The first-order valence-electron chi connectivity index (χ1n) is 6.06. The average Bonchev–Trinajstić information content (AvgIpc) is 2.50. The Morgan fingerprint density at radius 3 is 2.70 bits per heavy atom. The highest BCUT2D eigenvalue weighted by atomic mass is 16.1.